The minimum Gasteiger partial charge on any atom is -0.466 e. The van der Waals surface area contributed by atoms with Crippen molar-refractivity contribution in [3.8, 4) is 11.5 Å². The van der Waals surface area contributed by atoms with E-state index in [0.717, 1.165) is 25.7 Å². The summed E-state index contributed by atoms with van der Waals surface area (Å²) < 4.78 is 16.3. The Morgan fingerprint density at radius 1 is 0.468 bits per heavy atom. The Bertz CT molecular complexity index is 1440. The van der Waals surface area contributed by atoms with Gasteiger partial charge < -0.3 is 24.8 Å². The van der Waals surface area contributed by atoms with Crippen molar-refractivity contribution in [3.63, 3.8) is 0 Å². The zero-order valence-corrected chi connectivity index (χ0v) is 26.3. The quantitative estimate of drug-likeness (QED) is 0.0871. The van der Waals surface area contributed by atoms with Crippen molar-refractivity contribution in [3.05, 3.63) is 120 Å². The molecule has 4 aromatic carbocycles. The predicted molar refractivity (Wildman–Crippen MR) is 180 cm³/mol. The van der Waals surface area contributed by atoms with Crippen LogP contribution in [0, 0.1) is 0 Å². The van der Waals surface area contributed by atoms with Crippen LogP contribution in [0.25, 0.3) is 0 Å². The molecule has 0 unspecified atom stereocenters. The van der Waals surface area contributed by atoms with Gasteiger partial charge in [0.05, 0.1) is 26.1 Å². The third-order valence-corrected chi connectivity index (χ3v) is 7.06. The molecule has 0 atom stereocenters. The summed E-state index contributed by atoms with van der Waals surface area (Å²) in [6, 6.07) is 33.7. The molecule has 0 heterocycles. The highest BCUT2D eigenvalue weighted by molar-refractivity contribution is 5.93. The standard InChI is InChI=1S/C38H40N2O7/c41-35(23-25-37(43)45-27-7-13-29-9-3-1-4-10-29)39-31-15-19-33(20-16-31)47-34-21-17-32(18-22-34)40-36(42)24-26-38(44)46-28-8-14-30-11-5-2-6-12-30/h1-6,9-12,15-22H,7-8,13-14,23-28H2,(H,39,41)(H,40,42). The van der Waals surface area contributed by atoms with E-state index in [1.54, 1.807) is 48.5 Å². The zero-order valence-electron chi connectivity index (χ0n) is 26.3. The Balaban J connectivity index is 1.07. The van der Waals surface area contributed by atoms with Crippen LogP contribution >= 0.6 is 0 Å². The van der Waals surface area contributed by atoms with Gasteiger partial charge in [-0.3, -0.25) is 19.2 Å². The number of rotatable bonds is 18. The lowest BCUT2D eigenvalue weighted by atomic mass is 10.1. The summed E-state index contributed by atoms with van der Waals surface area (Å²) in [4.78, 5) is 48.5. The second-order valence-corrected chi connectivity index (χ2v) is 10.9. The number of ether oxygens (including phenoxy) is 3. The van der Waals surface area contributed by atoms with Gasteiger partial charge in [-0.1, -0.05) is 60.7 Å². The van der Waals surface area contributed by atoms with E-state index in [2.05, 4.69) is 10.6 Å². The van der Waals surface area contributed by atoms with Gasteiger partial charge in [-0.2, -0.15) is 0 Å². The number of anilines is 2. The molecule has 0 aliphatic heterocycles. The number of carbonyl (C=O) groups excluding carboxylic acids is 4. The number of nitrogens with one attached hydrogen (secondary N) is 2. The lowest BCUT2D eigenvalue weighted by Gasteiger charge is -2.10. The van der Waals surface area contributed by atoms with E-state index in [1.165, 1.54) is 11.1 Å². The fourth-order valence-corrected chi connectivity index (χ4v) is 4.59. The van der Waals surface area contributed by atoms with Gasteiger partial charge in [-0.15, -0.1) is 0 Å². The van der Waals surface area contributed by atoms with Gasteiger partial charge in [0.25, 0.3) is 0 Å². The molecule has 2 N–H and O–H groups in total. The van der Waals surface area contributed by atoms with Crippen LogP contribution in [0.15, 0.2) is 109 Å². The van der Waals surface area contributed by atoms with Crippen molar-refractivity contribution in [2.45, 2.75) is 51.4 Å². The van der Waals surface area contributed by atoms with Gasteiger partial charge in [0.15, 0.2) is 0 Å². The highest BCUT2D eigenvalue weighted by atomic mass is 16.5. The smallest absolute Gasteiger partial charge is 0.306 e. The molecule has 4 aromatic rings. The topological polar surface area (TPSA) is 120 Å². The van der Waals surface area contributed by atoms with Crippen molar-refractivity contribution in [2.24, 2.45) is 0 Å². The third kappa shape index (κ3) is 13.6. The van der Waals surface area contributed by atoms with Gasteiger partial charge >= 0.3 is 11.9 Å². The first-order valence-electron chi connectivity index (χ1n) is 15.8. The maximum atomic E-state index is 12.3. The molecule has 47 heavy (non-hydrogen) atoms. The van der Waals surface area contributed by atoms with Gasteiger partial charge in [-0.05, 0) is 85.3 Å². The molecule has 0 spiro atoms. The average molecular weight is 637 g/mol. The van der Waals surface area contributed by atoms with E-state index < -0.39 is 11.9 Å². The number of carbonyl (C=O) groups is 4. The van der Waals surface area contributed by atoms with Crippen molar-refractivity contribution < 1.29 is 33.4 Å². The Morgan fingerprint density at radius 2 is 0.851 bits per heavy atom. The molecule has 0 saturated heterocycles. The lowest BCUT2D eigenvalue weighted by Crippen LogP contribution is -2.15. The van der Waals surface area contributed by atoms with Crippen LogP contribution in [0.2, 0.25) is 0 Å². The van der Waals surface area contributed by atoms with E-state index >= 15 is 0 Å². The number of benzene rings is 4. The van der Waals surface area contributed by atoms with E-state index in [1.807, 2.05) is 60.7 Å². The van der Waals surface area contributed by atoms with Crippen molar-refractivity contribution >= 4 is 35.1 Å². The summed E-state index contributed by atoms with van der Waals surface area (Å²) in [5.74, 6) is -0.246. The molecule has 0 radical (unpaired) electrons. The van der Waals surface area contributed by atoms with E-state index in [9.17, 15) is 19.2 Å². The SMILES string of the molecule is O=C(CCC(=O)OCCCc1ccccc1)Nc1ccc(Oc2ccc(NC(=O)CCC(=O)OCCCc3ccccc3)cc2)cc1. The molecule has 0 aliphatic carbocycles. The van der Waals surface area contributed by atoms with Crippen LogP contribution in [-0.4, -0.2) is 37.0 Å². The molecule has 0 aromatic heterocycles. The van der Waals surface area contributed by atoms with Gasteiger partial charge in [0.2, 0.25) is 11.8 Å². The number of hydrogen-bond donors (Lipinski definition) is 2. The molecule has 0 aliphatic rings. The van der Waals surface area contributed by atoms with Gasteiger partial charge in [0, 0.05) is 24.2 Å². The average Bonchev–Trinajstić information content (AvgIpc) is 3.09. The maximum Gasteiger partial charge on any atom is 0.306 e. The van der Waals surface area contributed by atoms with Crippen LogP contribution in [0.1, 0.15) is 49.7 Å². The molecular weight excluding hydrogens is 596 g/mol. The molecule has 0 saturated carbocycles. The first-order chi connectivity index (χ1) is 22.9. The first-order valence-corrected chi connectivity index (χ1v) is 15.8. The van der Waals surface area contributed by atoms with E-state index in [4.69, 9.17) is 14.2 Å². The number of amides is 2. The zero-order chi connectivity index (χ0) is 33.1. The number of hydrogen-bond acceptors (Lipinski definition) is 7. The lowest BCUT2D eigenvalue weighted by molar-refractivity contribution is -0.145. The van der Waals surface area contributed by atoms with Gasteiger partial charge in [0.1, 0.15) is 11.5 Å². The summed E-state index contributed by atoms with van der Waals surface area (Å²) >= 11 is 0. The summed E-state index contributed by atoms with van der Waals surface area (Å²) in [5, 5.41) is 5.53. The largest absolute Gasteiger partial charge is 0.466 e. The van der Waals surface area contributed by atoms with Crippen LogP contribution in [0.5, 0.6) is 11.5 Å². The highest BCUT2D eigenvalue weighted by Gasteiger charge is 2.11. The molecule has 4 rings (SSSR count). The molecule has 9 heteroatoms. The Morgan fingerprint density at radius 3 is 1.23 bits per heavy atom. The van der Waals surface area contributed by atoms with Crippen molar-refractivity contribution in [1.29, 1.82) is 0 Å². The molecule has 0 fully saturated rings. The second-order valence-electron chi connectivity index (χ2n) is 10.9. The number of aryl methyl sites for hydroxylation is 2. The fourth-order valence-electron chi connectivity index (χ4n) is 4.59. The van der Waals surface area contributed by atoms with Crippen LogP contribution in [-0.2, 0) is 41.5 Å². The van der Waals surface area contributed by atoms with E-state index in [-0.39, 0.29) is 37.5 Å². The highest BCUT2D eigenvalue weighted by Crippen LogP contribution is 2.24. The molecular formula is C38H40N2O7. The third-order valence-electron chi connectivity index (χ3n) is 7.06. The Kier molecular flexibility index (Phi) is 14.0. The molecule has 2 amide bonds. The van der Waals surface area contributed by atoms with Crippen LogP contribution in [0.3, 0.4) is 0 Å². The number of esters is 2. The molecule has 9 nitrogen and oxygen atoms in total. The van der Waals surface area contributed by atoms with Crippen LogP contribution in [0.4, 0.5) is 11.4 Å². The summed E-state index contributed by atoms with van der Waals surface area (Å²) in [6.07, 6.45) is 3.19. The fraction of sp³-hybridized carbons (Fsp3) is 0.263. The first kappa shape index (κ1) is 34.4. The maximum absolute atomic E-state index is 12.3. The Hall–Kier alpha value is -5.44. The molecule has 244 valence electrons. The normalized spacial score (nSPS) is 10.5. The monoisotopic (exact) mass is 636 g/mol. The minimum absolute atomic E-state index is 0.0108. The second kappa shape index (κ2) is 19.2. The summed E-state index contributed by atoms with van der Waals surface area (Å²) in [5.41, 5.74) is 3.54. The van der Waals surface area contributed by atoms with Crippen molar-refractivity contribution in [1.82, 2.24) is 0 Å². The van der Waals surface area contributed by atoms with Crippen molar-refractivity contribution in [2.75, 3.05) is 23.8 Å². The Labute approximate surface area is 275 Å². The summed E-state index contributed by atoms with van der Waals surface area (Å²) in [7, 11) is 0. The van der Waals surface area contributed by atoms with E-state index in [0.29, 0.717) is 36.1 Å². The summed E-state index contributed by atoms with van der Waals surface area (Å²) in [6.45, 7) is 0.644. The molecule has 0 bridgehead atoms. The van der Waals surface area contributed by atoms with Gasteiger partial charge in [-0.25, -0.2) is 0 Å². The minimum atomic E-state index is -0.395. The van der Waals surface area contributed by atoms with Crippen LogP contribution < -0.4 is 15.4 Å². The predicted octanol–water partition coefficient (Wildman–Crippen LogP) is 7.27.